The second kappa shape index (κ2) is 39.9. The summed E-state index contributed by atoms with van der Waals surface area (Å²) in [7, 11) is -4.34. The highest BCUT2D eigenvalue weighted by molar-refractivity contribution is 7.47. The number of aliphatic hydroxyl groups is 1. The normalized spacial score (nSPS) is 14.7. The Morgan fingerprint density at radius 2 is 1.02 bits per heavy atom. The lowest BCUT2D eigenvalue weighted by Crippen LogP contribution is -2.46. The lowest BCUT2D eigenvalue weighted by molar-refractivity contribution is -0.122. The van der Waals surface area contributed by atoms with E-state index in [0.717, 1.165) is 44.9 Å². The Morgan fingerprint density at radius 3 is 1.43 bits per heavy atom. The average Bonchev–Trinajstić information content (AvgIpc) is 3.14. The summed E-state index contributed by atoms with van der Waals surface area (Å²) >= 11 is 0. The lowest BCUT2D eigenvalue weighted by Gasteiger charge is -2.25. The highest BCUT2D eigenvalue weighted by Gasteiger charge is 2.27. The molecule has 0 aromatic carbocycles. The van der Waals surface area contributed by atoms with Gasteiger partial charge in [-0.25, -0.2) is 4.57 Å². The first-order valence-corrected chi connectivity index (χ1v) is 22.9. The number of amides is 1. The fraction of sp³-hybridized carbons (Fsp3) is 0.750. The minimum absolute atomic E-state index is 0.0728. The molecule has 0 spiro atoms. The minimum atomic E-state index is -4.34. The Bertz CT molecular complexity index is 1010. The molecular weight excluding hydrogens is 683 g/mol. The number of carbonyl (C=O) groups excluding carboxylic acids is 1. The summed E-state index contributed by atoms with van der Waals surface area (Å²) in [5.41, 5.74) is 5.37. The third-order valence-corrected chi connectivity index (χ3v) is 10.1. The molecule has 8 nitrogen and oxygen atoms in total. The van der Waals surface area contributed by atoms with Crippen LogP contribution in [-0.2, 0) is 18.4 Å². The van der Waals surface area contributed by atoms with Crippen molar-refractivity contribution in [1.82, 2.24) is 5.32 Å². The van der Waals surface area contributed by atoms with E-state index in [1.807, 2.05) is 6.08 Å². The van der Waals surface area contributed by atoms with E-state index in [0.29, 0.717) is 12.8 Å². The van der Waals surface area contributed by atoms with Gasteiger partial charge in [-0.05, 0) is 38.5 Å². The van der Waals surface area contributed by atoms with Gasteiger partial charge in [0.15, 0.2) is 0 Å². The van der Waals surface area contributed by atoms with Crippen LogP contribution in [-0.4, -0.2) is 47.8 Å². The van der Waals surface area contributed by atoms with Gasteiger partial charge in [0.2, 0.25) is 5.91 Å². The van der Waals surface area contributed by atoms with E-state index in [-0.39, 0.29) is 32.1 Å². The first-order valence-electron chi connectivity index (χ1n) is 21.4. The Balaban J connectivity index is 4.28. The van der Waals surface area contributed by atoms with Gasteiger partial charge in [-0.3, -0.25) is 13.8 Å². The quantitative estimate of drug-likeness (QED) is 0.0278. The highest BCUT2D eigenvalue weighted by atomic mass is 31.2. The monoisotopic (exact) mass is 765 g/mol. The molecule has 0 heterocycles. The van der Waals surface area contributed by atoms with Crippen LogP contribution in [0.15, 0.2) is 60.8 Å². The van der Waals surface area contributed by atoms with Crippen LogP contribution in [0.25, 0.3) is 0 Å². The predicted octanol–water partition coefficient (Wildman–Crippen LogP) is 11.9. The summed E-state index contributed by atoms with van der Waals surface area (Å²) in [6.45, 7) is 4.02. The summed E-state index contributed by atoms with van der Waals surface area (Å²) in [5.74, 6) is -0.289. The number of rotatable bonds is 39. The number of phosphoric ester groups is 1. The second-order valence-corrected chi connectivity index (χ2v) is 15.6. The molecule has 308 valence electrons. The van der Waals surface area contributed by atoms with Gasteiger partial charge in [-0.15, -0.1) is 0 Å². The minimum Gasteiger partial charge on any atom is -0.391 e. The highest BCUT2D eigenvalue weighted by Crippen LogP contribution is 2.43. The molecule has 0 saturated carbocycles. The molecule has 0 aromatic heterocycles. The predicted molar refractivity (Wildman–Crippen MR) is 226 cm³/mol. The SMILES string of the molecule is CC/C=C\C/C=C\C/C=C\C/C=C\C/C=C\CC(=O)NC(COP(=O)(O)OCCN)C(O)CCCCCCCCCCCCCCCCCCCCC. The standard InChI is InChI=1S/C44H81N2O6P/c1-3-5-7-9-11-13-15-17-19-20-21-22-24-25-27-29-31-33-35-37-43(47)42(41-52-53(49,50)51-40-39-45)46-44(48)38-36-34-32-30-28-26-23-18-16-14-12-10-8-6-4-2/h6,8,12,14,18,23,28,30,34,36,42-43,47H,3-5,7,9-11,13,15-17,19-22,24-27,29,31-33,35,37-41,45H2,1-2H3,(H,46,48)(H,49,50)/b8-6-,14-12-,23-18-,30-28-,36-34-. The Morgan fingerprint density at radius 1 is 0.623 bits per heavy atom. The maximum Gasteiger partial charge on any atom is 0.472 e. The molecule has 53 heavy (non-hydrogen) atoms. The first-order chi connectivity index (χ1) is 25.9. The summed E-state index contributed by atoms with van der Waals surface area (Å²) in [5, 5.41) is 13.7. The molecule has 0 bridgehead atoms. The van der Waals surface area contributed by atoms with Crippen molar-refractivity contribution in [2.24, 2.45) is 5.73 Å². The van der Waals surface area contributed by atoms with Crippen molar-refractivity contribution in [3.05, 3.63) is 60.8 Å². The van der Waals surface area contributed by atoms with Crippen molar-refractivity contribution in [2.45, 2.75) is 193 Å². The van der Waals surface area contributed by atoms with Gasteiger partial charge in [0.25, 0.3) is 0 Å². The summed E-state index contributed by atoms with van der Waals surface area (Å²) in [6, 6.07) is -0.831. The van der Waals surface area contributed by atoms with E-state index in [9.17, 15) is 19.4 Å². The van der Waals surface area contributed by atoms with Crippen molar-refractivity contribution in [2.75, 3.05) is 19.8 Å². The van der Waals surface area contributed by atoms with E-state index in [1.165, 1.54) is 103 Å². The molecule has 0 rings (SSSR count). The third-order valence-electron chi connectivity index (χ3n) is 9.16. The van der Waals surface area contributed by atoms with E-state index in [4.69, 9.17) is 14.8 Å². The largest absolute Gasteiger partial charge is 0.472 e. The Hall–Kier alpha value is -1.80. The van der Waals surface area contributed by atoms with Crippen molar-refractivity contribution >= 4 is 13.7 Å². The zero-order valence-electron chi connectivity index (χ0n) is 34.0. The Kier molecular flexibility index (Phi) is 38.5. The average molecular weight is 765 g/mol. The van der Waals surface area contributed by atoms with Crippen LogP contribution >= 0.6 is 7.82 Å². The number of carbonyl (C=O) groups is 1. The van der Waals surface area contributed by atoms with Crippen molar-refractivity contribution in [3.63, 3.8) is 0 Å². The second-order valence-electron chi connectivity index (χ2n) is 14.2. The number of phosphoric acid groups is 1. The summed E-state index contributed by atoms with van der Waals surface area (Å²) in [4.78, 5) is 22.6. The first kappa shape index (κ1) is 51.2. The van der Waals surface area contributed by atoms with E-state index >= 15 is 0 Å². The fourth-order valence-corrected chi connectivity index (χ4v) is 6.73. The number of nitrogens with two attached hydrogens (primary N) is 1. The molecule has 3 atom stereocenters. The van der Waals surface area contributed by atoms with Gasteiger partial charge in [-0.1, -0.05) is 197 Å². The third kappa shape index (κ3) is 38.3. The Labute approximate surface area is 325 Å². The van der Waals surface area contributed by atoms with Gasteiger partial charge in [0.1, 0.15) is 0 Å². The summed E-state index contributed by atoms with van der Waals surface area (Å²) in [6.07, 6.45) is 49.8. The molecule has 0 radical (unpaired) electrons. The maximum absolute atomic E-state index is 12.7. The molecule has 9 heteroatoms. The van der Waals surface area contributed by atoms with Crippen LogP contribution < -0.4 is 11.1 Å². The van der Waals surface area contributed by atoms with Crippen LogP contribution in [0.3, 0.4) is 0 Å². The van der Waals surface area contributed by atoms with E-state index in [1.54, 1.807) is 6.08 Å². The molecule has 0 aliphatic carbocycles. The topological polar surface area (TPSA) is 131 Å². The van der Waals surface area contributed by atoms with Crippen LogP contribution in [0.4, 0.5) is 0 Å². The molecule has 0 aliphatic heterocycles. The molecule has 0 saturated heterocycles. The van der Waals surface area contributed by atoms with Crippen LogP contribution in [0.1, 0.15) is 181 Å². The van der Waals surface area contributed by atoms with Crippen LogP contribution in [0.2, 0.25) is 0 Å². The van der Waals surface area contributed by atoms with Gasteiger partial charge in [0.05, 0.1) is 25.4 Å². The van der Waals surface area contributed by atoms with Gasteiger partial charge < -0.3 is 21.1 Å². The van der Waals surface area contributed by atoms with E-state index < -0.39 is 20.0 Å². The lowest BCUT2D eigenvalue weighted by atomic mass is 10.0. The molecular formula is C44H81N2O6P. The van der Waals surface area contributed by atoms with Crippen LogP contribution in [0, 0.1) is 0 Å². The van der Waals surface area contributed by atoms with Crippen molar-refractivity contribution in [3.8, 4) is 0 Å². The van der Waals surface area contributed by atoms with Crippen molar-refractivity contribution < 1.29 is 28.4 Å². The molecule has 1 amide bonds. The van der Waals surface area contributed by atoms with Crippen LogP contribution in [0.5, 0.6) is 0 Å². The maximum atomic E-state index is 12.7. The van der Waals surface area contributed by atoms with Gasteiger partial charge >= 0.3 is 7.82 Å². The van der Waals surface area contributed by atoms with Gasteiger partial charge in [-0.2, -0.15) is 0 Å². The van der Waals surface area contributed by atoms with Crippen molar-refractivity contribution in [1.29, 1.82) is 0 Å². The molecule has 0 aliphatic rings. The number of hydrogen-bond donors (Lipinski definition) is 4. The molecule has 3 unspecified atom stereocenters. The number of aliphatic hydroxyl groups excluding tert-OH is 1. The smallest absolute Gasteiger partial charge is 0.391 e. The fourth-order valence-electron chi connectivity index (χ4n) is 5.97. The number of nitrogens with one attached hydrogen (secondary N) is 1. The molecule has 0 aromatic rings. The number of hydrogen-bond acceptors (Lipinski definition) is 6. The molecule has 5 N–H and O–H groups in total. The summed E-state index contributed by atoms with van der Waals surface area (Å²) < 4.78 is 22.1. The van der Waals surface area contributed by atoms with E-state index in [2.05, 4.69) is 67.8 Å². The van der Waals surface area contributed by atoms with Gasteiger partial charge in [0, 0.05) is 13.0 Å². The number of allylic oxidation sites excluding steroid dienone is 9. The zero-order valence-corrected chi connectivity index (χ0v) is 34.9. The zero-order chi connectivity index (χ0) is 38.9. The number of unbranched alkanes of at least 4 members (excludes halogenated alkanes) is 18. The molecule has 0 fully saturated rings.